The highest BCUT2D eigenvalue weighted by Gasteiger charge is 2.09. The molecule has 0 saturated heterocycles. The average molecular weight is 319 g/mol. The highest BCUT2D eigenvalue weighted by Crippen LogP contribution is 2.25. The molecule has 0 aliphatic rings. The van der Waals surface area contributed by atoms with E-state index in [-0.39, 0.29) is 5.91 Å². The fourth-order valence-corrected chi connectivity index (χ4v) is 2.24. The van der Waals surface area contributed by atoms with Crippen molar-refractivity contribution in [3.05, 3.63) is 84.4 Å². The molecule has 24 heavy (non-hydrogen) atoms. The number of hydrogen-bond acceptors (Lipinski definition) is 3. The number of carbonyl (C=O) groups excluding carboxylic acids is 1. The maximum absolute atomic E-state index is 12.3. The standard InChI is InChI=1S/C20H17NO3/c1-23-19-10-6-5-9-18(19)21-20(22)15-11-13-17(14-12-15)24-16-7-3-2-4-8-16/h2-14H,1H3,(H,21,22). The third-order valence-electron chi connectivity index (χ3n) is 3.45. The van der Waals surface area contributed by atoms with E-state index in [0.29, 0.717) is 22.7 Å². The molecule has 3 rings (SSSR count). The zero-order valence-corrected chi connectivity index (χ0v) is 13.2. The number of carbonyl (C=O) groups is 1. The first-order valence-electron chi connectivity index (χ1n) is 7.53. The van der Waals surface area contributed by atoms with Crippen LogP contribution in [0.1, 0.15) is 10.4 Å². The largest absolute Gasteiger partial charge is 0.495 e. The minimum absolute atomic E-state index is 0.203. The summed E-state index contributed by atoms with van der Waals surface area (Å²) in [5.74, 6) is 1.85. The Kier molecular flexibility index (Phi) is 4.77. The van der Waals surface area contributed by atoms with Crippen molar-refractivity contribution in [3.8, 4) is 17.2 Å². The van der Waals surface area contributed by atoms with Gasteiger partial charge in [-0.15, -0.1) is 0 Å². The molecule has 0 fully saturated rings. The second kappa shape index (κ2) is 7.33. The molecule has 0 radical (unpaired) electrons. The Labute approximate surface area is 140 Å². The zero-order chi connectivity index (χ0) is 16.8. The maximum atomic E-state index is 12.3. The Balaban J connectivity index is 1.70. The van der Waals surface area contributed by atoms with Crippen molar-refractivity contribution < 1.29 is 14.3 Å². The van der Waals surface area contributed by atoms with Crippen LogP contribution in [0, 0.1) is 0 Å². The first kappa shape index (κ1) is 15.6. The van der Waals surface area contributed by atoms with Crippen LogP contribution in [0.25, 0.3) is 0 Å². The Bertz CT molecular complexity index is 814. The van der Waals surface area contributed by atoms with Crippen molar-refractivity contribution in [2.75, 3.05) is 12.4 Å². The molecule has 4 heteroatoms. The summed E-state index contributed by atoms with van der Waals surface area (Å²) in [6.07, 6.45) is 0. The molecule has 0 unspecified atom stereocenters. The molecule has 0 spiro atoms. The van der Waals surface area contributed by atoms with E-state index in [0.717, 1.165) is 5.75 Å². The van der Waals surface area contributed by atoms with Gasteiger partial charge in [0.05, 0.1) is 12.8 Å². The average Bonchev–Trinajstić information content (AvgIpc) is 2.63. The summed E-state index contributed by atoms with van der Waals surface area (Å²) in [4.78, 5) is 12.3. The Morgan fingerprint density at radius 2 is 1.42 bits per heavy atom. The molecule has 3 aromatic rings. The Morgan fingerprint density at radius 3 is 2.12 bits per heavy atom. The number of methoxy groups -OCH3 is 1. The van der Waals surface area contributed by atoms with Crippen LogP contribution in [0.15, 0.2) is 78.9 Å². The van der Waals surface area contributed by atoms with Gasteiger partial charge in [0.15, 0.2) is 0 Å². The molecule has 0 aliphatic heterocycles. The lowest BCUT2D eigenvalue weighted by Crippen LogP contribution is -2.12. The minimum Gasteiger partial charge on any atom is -0.495 e. The molecule has 1 amide bonds. The number of rotatable bonds is 5. The van der Waals surface area contributed by atoms with Gasteiger partial charge in [-0.3, -0.25) is 4.79 Å². The van der Waals surface area contributed by atoms with Crippen LogP contribution < -0.4 is 14.8 Å². The number of amides is 1. The molecule has 0 saturated carbocycles. The third kappa shape index (κ3) is 3.73. The molecule has 1 N–H and O–H groups in total. The van der Waals surface area contributed by atoms with Crippen LogP contribution in [0.5, 0.6) is 17.2 Å². The highest BCUT2D eigenvalue weighted by atomic mass is 16.5. The fourth-order valence-electron chi connectivity index (χ4n) is 2.24. The summed E-state index contributed by atoms with van der Waals surface area (Å²) < 4.78 is 10.9. The number of anilines is 1. The summed E-state index contributed by atoms with van der Waals surface area (Å²) in [5, 5.41) is 2.84. The SMILES string of the molecule is COc1ccccc1NC(=O)c1ccc(Oc2ccccc2)cc1. The molecule has 0 aromatic heterocycles. The van der Waals surface area contributed by atoms with E-state index in [1.165, 1.54) is 0 Å². The Morgan fingerprint density at radius 1 is 0.792 bits per heavy atom. The van der Waals surface area contributed by atoms with E-state index in [4.69, 9.17) is 9.47 Å². The predicted molar refractivity (Wildman–Crippen MR) is 93.9 cm³/mol. The number of nitrogens with one attached hydrogen (secondary N) is 1. The smallest absolute Gasteiger partial charge is 0.255 e. The number of para-hydroxylation sites is 3. The second-order valence-electron chi connectivity index (χ2n) is 5.09. The topological polar surface area (TPSA) is 47.6 Å². The quantitative estimate of drug-likeness (QED) is 0.739. The summed E-state index contributed by atoms with van der Waals surface area (Å²) in [6.45, 7) is 0. The van der Waals surface area contributed by atoms with E-state index in [1.807, 2.05) is 42.5 Å². The van der Waals surface area contributed by atoms with Crippen molar-refractivity contribution in [1.29, 1.82) is 0 Å². The van der Waals surface area contributed by atoms with Gasteiger partial charge in [-0.1, -0.05) is 30.3 Å². The first-order valence-corrected chi connectivity index (χ1v) is 7.53. The Hall–Kier alpha value is -3.27. The van der Waals surface area contributed by atoms with E-state index in [2.05, 4.69) is 5.32 Å². The van der Waals surface area contributed by atoms with Crippen LogP contribution in [0.2, 0.25) is 0 Å². The zero-order valence-electron chi connectivity index (χ0n) is 13.2. The lowest BCUT2D eigenvalue weighted by atomic mass is 10.2. The van der Waals surface area contributed by atoms with Crippen molar-refractivity contribution >= 4 is 11.6 Å². The summed E-state index contributed by atoms with van der Waals surface area (Å²) in [6, 6.07) is 23.8. The minimum atomic E-state index is -0.203. The van der Waals surface area contributed by atoms with E-state index < -0.39 is 0 Å². The first-order chi connectivity index (χ1) is 11.8. The third-order valence-corrected chi connectivity index (χ3v) is 3.45. The van der Waals surface area contributed by atoms with E-state index in [9.17, 15) is 4.79 Å². The van der Waals surface area contributed by atoms with Crippen LogP contribution in [-0.2, 0) is 0 Å². The highest BCUT2D eigenvalue weighted by molar-refractivity contribution is 6.05. The van der Waals surface area contributed by atoms with Gasteiger partial charge < -0.3 is 14.8 Å². The van der Waals surface area contributed by atoms with Gasteiger partial charge in [0.25, 0.3) is 5.91 Å². The van der Waals surface area contributed by atoms with Crippen LogP contribution in [0.3, 0.4) is 0 Å². The molecular weight excluding hydrogens is 302 g/mol. The van der Waals surface area contributed by atoms with Gasteiger partial charge in [0, 0.05) is 5.56 Å². The molecule has 4 nitrogen and oxygen atoms in total. The van der Waals surface area contributed by atoms with Gasteiger partial charge in [-0.05, 0) is 48.5 Å². The molecule has 120 valence electrons. The van der Waals surface area contributed by atoms with Crippen molar-refractivity contribution in [1.82, 2.24) is 0 Å². The predicted octanol–water partition coefficient (Wildman–Crippen LogP) is 4.74. The number of ether oxygens (including phenoxy) is 2. The summed E-state index contributed by atoms with van der Waals surface area (Å²) >= 11 is 0. The van der Waals surface area contributed by atoms with Crippen molar-refractivity contribution in [3.63, 3.8) is 0 Å². The fraction of sp³-hybridized carbons (Fsp3) is 0.0500. The van der Waals surface area contributed by atoms with Gasteiger partial charge in [0.2, 0.25) is 0 Å². The summed E-state index contributed by atoms with van der Waals surface area (Å²) in [5.41, 5.74) is 1.18. The van der Waals surface area contributed by atoms with Gasteiger partial charge in [0.1, 0.15) is 17.2 Å². The van der Waals surface area contributed by atoms with E-state index in [1.54, 1.807) is 43.5 Å². The molecule has 3 aromatic carbocycles. The van der Waals surface area contributed by atoms with Crippen molar-refractivity contribution in [2.45, 2.75) is 0 Å². The monoisotopic (exact) mass is 319 g/mol. The lowest BCUT2D eigenvalue weighted by molar-refractivity contribution is 0.102. The molecular formula is C20H17NO3. The molecule has 0 atom stereocenters. The van der Waals surface area contributed by atoms with Crippen LogP contribution in [-0.4, -0.2) is 13.0 Å². The lowest BCUT2D eigenvalue weighted by Gasteiger charge is -2.10. The maximum Gasteiger partial charge on any atom is 0.255 e. The van der Waals surface area contributed by atoms with Crippen LogP contribution >= 0.6 is 0 Å². The van der Waals surface area contributed by atoms with Gasteiger partial charge >= 0.3 is 0 Å². The van der Waals surface area contributed by atoms with Gasteiger partial charge in [-0.2, -0.15) is 0 Å². The van der Waals surface area contributed by atoms with Crippen LogP contribution in [0.4, 0.5) is 5.69 Å². The normalized spacial score (nSPS) is 10.0. The van der Waals surface area contributed by atoms with Crippen molar-refractivity contribution in [2.24, 2.45) is 0 Å². The second-order valence-corrected chi connectivity index (χ2v) is 5.09. The summed E-state index contributed by atoms with van der Waals surface area (Å²) in [7, 11) is 1.57. The van der Waals surface area contributed by atoms with Gasteiger partial charge in [-0.25, -0.2) is 0 Å². The van der Waals surface area contributed by atoms with E-state index >= 15 is 0 Å². The number of benzene rings is 3. The molecule has 0 aliphatic carbocycles. The number of hydrogen-bond donors (Lipinski definition) is 1. The molecule has 0 bridgehead atoms. The molecule has 0 heterocycles.